The molecule has 0 radical (unpaired) electrons. The first-order valence-corrected chi connectivity index (χ1v) is 7.49. The standard InChI is InChI=1S/C15H15NO3S.ClH/c1-19-13-6-8-14(9-7-13)20(17,18)11-10-12-4-2-3-5-15(12)16;/h2-11H,16H2,1H3;1H/b11-10+;. The lowest BCUT2D eigenvalue weighted by molar-refractivity contribution is 0.414. The average molecular weight is 326 g/mol. The van der Waals surface area contributed by atoms with E-state index in [4.69, 9.17) is 10.5 Å². The van der Waals surface area contributed by atoms with Crippen molar-refractivity contribution in [3.63, 3.8) is 0 Å². The Hall–Kier alpha value is -1.98. The number of methoxy groups -OCH3 is 1. The summed E-state index contributed by atoms with van der Waals surface area (Å²) in [7, 11) is -1.96. The molecule has 0 bridgehead atoms. The van der Waals surface area contributed by atoms with Crippen LogP contribution in [0.15, 0.2) is 58.8 Å². The van der Waals surface area contributed by atoms with Crippen molar-refractivity contribution in [1.29, 1.82) is 0 Å². The summed E-state index contributed by atoms with van der Waals surface area (Å²) >= 11 is 0. The molecule has 112 valence electrons. The predicted molar refractivity (Wildman–Crippen MR) is 87.3 cm³/mol. The largest absolute Gasteiger partial charge is 0.497 e. The number of nitrogen functional groups attached to an aromatic ring is 1. The van der Waals surface area contributed by atoms with Crippen molar-refractivity contribution in [2.45, 2.75) is 4.90 Å². The van der Waals surface area contributed by atoms with Gasteiger partial charge in [0.1, 0.15) is 5.75 Å². The topological polar surface area (TPSA) is 69.4 Å². The molecule has 0 aliphatic rings. The molecular weight excluding hydrogens is 310 g/mol. The first-order valence-electron chi connectivity index (χ1n) is 5.94. The summed E-state index contributed by atoms with van der Waals surface area (Å²) < 4.78 is 29.3. The van der Waals surface area contributed by atoms with E-state index in [0.717, 1.165) is 5.41 Å². The molecule has 0 atom stereocenters. The highest BCUT2D eigenvalue weighted by Gasteiger charge is 2.10. The average Bonchev–Trinajstić information content (AvgIpc) is 2.46. The van der Waals surface area contributed by atoms with Crippen molar-refractivity contribution >= 4 is 34.0 Å². The molecule has 0 aliphatic carbocycles. The van der Waals surface area contributed by atoms with Gasteiger partial charge in [0, 0.05) is 11.1 Å². The Labute approximate surface area is 130 Å². The molecule has 0 fully saturated rings. The van der Waals surface area contributed by atoms with E-state index in [0.29, 0.717) is 17.0 Å². The highest BCUT2D eigenvalue weighted by atomic mass is 35.5. The molecule has 6 heteroatoms. The van der Waals surface area contributed by atoms with Gasteiger partial charge in [-0.15, -0.1) is 12.4 Å². The molecule has 0 amide bonds. The van der Waals surface area contributed by atoms with Crippen molar-refractivity contribution in [3.8, 4) is 5.75 Å². The van der Waals surface area contributed by atoms with Crippen molar-refractivity contribution in [2.24, 2.45) is 0 Å². The lowest BCUT2D eigenvalue weighted by atomic mass is 10.2. The van der Waals surface area contributed by atoms with Crippen LogP contribution in [0.5, 0.6) is 5.75 Å². The van der Waals surface area contributed by atoms with Crippen LogP contribution in [0.1, 0.15) is 5.56 Å². The van der Waals surface area contributed by atoms with Gasteiger partial charge in [-0.05, 0) is 42.0 Å². The van der Waals surface area contributed by atoms with E-state index in [-0.39, 0.29) is 17.3 Å². The fourth-order valence-corrected chi connectivity index (χ4v) is 2.67. The van der Waals surface area contributed by atoms with Crippen LogP contribution < -0.4 is 10.5 Å². The second-order valence-electron chi connectivity index (χ2n) is 4.15. The smallest absolute Gasteiger partial charge is 0.199 e. The highest BCUT2D eigenvalue weighted by molar-refractivity contribution is 7.94. The lowest BCUT2D eigenvalue weighted by Gasteiger charge is -2.02. The first-order chi connectivity index (χ1) is 9.53. The van der Waals surface area contributed by atoms with Gasteiger partial charge in [-0.3, -0.25) is 0 Å². The summed E-state index contributed by atoms with van der Waals surface area (Å²) in [6, 6.07) is 13.3. The minimum absolute atomic E-state index is 0. The number of rotatable bonds is 4. The summed E-state index contributed by atoms with van der Waals surface area (Å²) in [6.45, 7) is 0. The normalized spacial score (nSPS) is 11.1. The zero-order chi connectivity index (χ0) is 14.6. The zero-order valence-corrected chi connectivity index (χ0v) is 13.0. The molecule has 0 saturated carbocycles. The SMILES string of the molecule is COc1ccc(S(=O)(=O)/C=C/c2ccccc2N)cc1.Cl. The third-order valence-electron chi connectivity index (χ3n) is 2.81. The summed E-state index contributed by atoms with van der Waals surface area (Å²) in [5.74, 6) is 0.611. The van der Waals surface area contributed by atoms with Gasteiger partial charge in [-0.2, -0.15) is 0 Å². The maximum absolute atomic E-state index is 12.1. The Morgan fingerprint density at radius 3 is 2.24 bits per heavy atom. The van der Waals surface area contributed by atoms with Crippen LogP contribution in [0, 0.1) is 0 Å². The fraction of sp³-hybridized carbons (Fsp3) is 0.0667. The van der Waals surface area contributed by atoms with E-state index >= 15 is 0 Å². The molecule has 2 N–H and O–H groups in total. The first kappa shape index (κ1) is 17.1. The maximum atomic E-state index is 12.1. The molecule has 0 aliphatic heterocycles. The monoisotopic (exact) mass is 325 g/mol. The fourth-order valence-electron chi connectivity index (χ4n) is 1.67. The summed E-state index contributed by atoms with van der Waals surface area (Å²) in [5.41, 5.74) is 6.97. The Balaban J connectivity index is 0.00000220. The van der Waals surface area contributed by atoms with Gasteiger partial charge in [0.2, 0.25) is 0 Å². The summed E-state index contributed by atoms with van der Waals surface area (Å²) in [5, 5.41) is 1.15. The van der Waals surface area contributed by atoms with Gasteiger partial charge < -0.3 is 10.5 Å². The van der Waals surface area contributed by atoms with E-state index in [9.17, 15) is 8.42 Å². The Morgan fingerprint density at radius 1 is 1.05 bits per heavy atom. The van der Waals surface area contributed by atoms with Gasteiger partial charge in [-0.25, -0.2) is 8.42 Å². The predicted octanol–water partition coefficient (Wildman–Crippen LogP) is 3.14. The lowest BCUT2D eigenvalue weighted by Crippen LogP contribution is -1.96. The Bertz CT molecular complexity index is 725. The molecule has 21 heavy (non-hydrogen) atoms. The van der Waals surface area contributed by atoms with Crippen LogP contribution in [0.4, 0.5) is 5.69 Å². The molecule has 0 unspecified atom stereocenters. The van der Waals surface area contributed by atoms with E-state index in [2.05, 4.69) is 0 Å². The molecule has 0 aromatic heterocycles. The quantitative estimate of drug-likeness (QED) is 0.877. The third-order valence-corrected chi connectivity index (χ3v) is 4.23. The number of hydrogen-bond donors (Lipinski definition) is 1. The van der Waals surface area contributed by atoms with E-state index in [1.807, 2.05) is 0 Å². The number of para-hydroxylation sites is 1. The number of halogens is 1. The van der Waals surface area contributed by atoms with E-state index in [1.54, 1.807) is 36.4 Å². The molecule has 0 saturated heterocycles. The Kier molecular flexibility index (Phi) is 5.81. The van der Waals surface area contributed by atoms with Gasteiger partial charge in [0.25, 0.3) is 0 Å². The van der Waals surface area contributed by atoms with Crippen molar-refractivity contribution < 1.29 is 13.2 Å². The number of benzene rings is 2. The highest BCUT2D eigenvalue weighted by Crippen LogP contribution is 2.19. The molecule has 2 aromatic rings. The summed E-state index contributed by atoms with van der Waals surface area (Å²) in [6.07, 6.45) is 1.49. The minimum atomic E-state index is -3.49. The molecule has 2 rings (SSSR count). The van der Waals surface area contributed by atoms with Crippen LogP contribution in [0.25, 0.3) is 6.08 Å². The third kappa shape index (κ3) is 4.24. The van der Waals surface area contributed by atoms with Crippen LogP contribution >= 0.6 is 12.4 Å². The van der Waals surface area contributed by atoms with E-state index < -0.39 is 9.84 Å². The number of ether oxygens (including phenoxy) is 1. The van der Waals surface area contributed by atoms with Crippen LogP contribution in [-0.4, -0.2) is 15.5 Å². The minimum Gasteiger partial charge on any atom is -0.497 e. The second-order valence-corrected chi connectivity index (χ2v) is 5.99. The van der Waals surface area contributed by atoms with Gasteiger partial charge in [0.15, 0.2) is 9.84 Å². The van der Waals surface area contributed by atoms with Crippen molar-refractivity contribution in [1.82, 2.24) is 0 Å². The summed E-state index contributed by atoms with van der Waals surface area (Å²) in [4.78, 5) is 0.212. The van der Waals surface area contributed by atoms with Crippen LogP contribution in [0.3, 0.4) is 0 Å². The maximum Gasteiger partial charge on any atom is 0.199 e. The molecule has 2 aromatic carbocycles. The molecule has 0 heterocycles. The number of nitrogens with two attached hydrogens (primary N) is 1. The zero-order valence-electron chi connectivity index (χ0n) is 11.4. The number of anilines is 1. The molecule has 4 nitrogen and oxygen atoms in total. The Morgan fingerprint density at radius 2 is 1.67 bits per heavy atom. The number of hydrogen-bond acceptors (Lipinski definition) is 4. The second kappa shape index (κ2) is 7.15. The molecular formula is C15H16ClNO3S. The van der Waals surface area contributed by atoms with Crippen LogP contribution in [0.2, 0.25) is 0 Å². The van der Waals surface area contributed by atoms with Gasteiger partial charge in [0.05, 0.1) is 12.0 Å². The van der Waals surface area contributed by atoms with Gasteiger partial charge >= 0.3 is 0 Å². The van der Waals surface area contributed by atoms with Crippen molar-refractivity contribution in [3.05, 3.63) is 59.5 Å². The van der Waals surface area contributed by atoms with Crippen LogP contribution in [-0.2, 0) is 9.84 Å². The molecule has 0 spiro atoms. The van der Waals surface area contributed by atoms with E-state index in [1.165, 1.54) is 25.3 Å². The van der Waals surface area contributed by atoms with Gasteiger partial charge in [-0.1, -0.05) is 18.2 Å². The number of sulfone groups is 1. The van der Waals surface area contributed by atoms with Crippen molar-refractivity contribution in [2.75, 3.05) is 12.8 Å².